The van der Waals surface area contributed by atoms with E-state index in [0.717, 1.165) is 12.5 Å². The molecular formula is C25H27N5O5S. The minimum atomic E-state index is -4.06. The van der Waals surface area contributed by atoms with Crippen molar-refractivity contribution in [2.45, 2.75) is 36.7 Å². The number of sulfonamides is 1. The van der Waals surface area contributed by atoms with E-state index in [4.69, 9.17) is 5.11 Å². The Bertz CT molecular complexity index is 1430. The van der Waals surface area contributed by atoms with Gasteiger partial charge in [0.2, 0.25) is 15.9 Å². The van der Waals surface area contributed by atoms with Gasteiger partial charge in [0.25, 0.3) is 0 Å². The van der Waals surface area contributed by atoms with Crippen LogP contribution >= 0.6 is 0 Å². The van der Waals surface area contributed by atoms with E-state index in [1.807, 2.05) is 0 Å². The van der Waals surface area contributed by atoms with Crippen molar-refractivity contribution in [3.8, 4) is 6.07 Å². The van der Waals surface area contributed by atoms with Crippen LogP contribution in [0.15, 0.2) is 65.8 Å². The molecule has 0 spiro atoms. The predicted octanol–water partition coefficient (Wildman–Crippen LogP) is 2.46. The normalized spacial score (nSPS) is 17.3. The largest absolute Gasteiger partial charge is 0.478 e. The van der Waals surface area contributed by atoms with Crippen LogP contribution in [0.3, 0.4) is 0 Å². The molecule has 1 aliphatic rings. The Morgan fingerprint density at radius 1 is 1.28 bits per heavy atom. The number of aryl methyl sites for hydroxylation is 1. The number of piperidine rings is 1. The number of likely N-dealkylation sites (tertiary alicyclic amines) is 1. The van der Waals surface area contributed by atoms with Crippen LogP contribution < -0.4 is 4.72 Å². The third-order valence-electron chi connectivity index (χ3n) is 6.32. The number of nitriles is 1. The maximum Gasteiger partial charge on any atom is 0.327 e. The number of benzene rings is 1. The fourth-order valence-electron chi connectivity index (χ4n) is 4.56. The summed E-state index contributed by atoms with van der Waals surface area (Å²) in [4.78, 5) is 29.2. The number of carbonyl (C=O) groups excluding carboxylic acids is 1. The van der Waals surface area contributed by atoms with Crippen molar-refractivity contribution in [3.05, 3.63) is 66.6 Å². The molecule has 0 aliphatic carbocycles. The van der Waals surface area contributed by atoms with Crippen LogP contribution in [0.4, 0.5) is 0 Å². The van der Waals surface area contributed by atoms with Crippen LogP contribution in [-0.2, 0) is 26.2 Å². The number of hydrogen-bond donors (Lipinski definition) is 3. The van der Waals surface area contributed by atoms with Crippen LogP contribution in [0.5, 0.6) is 0 Å². The van der Waals surface area contributed by atoms with E-state index in [1.165, 1.54) is 6.07 Å². The molecule has 4 rings (SSSR count). The lowest BCUT2D eigenvalue weighted by Crippen LogP contribution is -2.51. The van der Waals surface area contributed by atoms with E-state index < -0.39 is 22.0 Å². The summed E-state index contributed by atoms with van der Waals surface area (Å²) in [5, 5.41) is 18.8. The van der Waals surface area contributed by atoms with Gasteiger partial charge in [-0.3, -0.25) is 4.79 Å². The molecule has 1 saturated heterocycles. The number of aromatic nitrogens is 2. The van der Waals surface area contributed by atoms with Gasteiger partial charge in [-0.2, -0.15) is 9.98 Å². The van der Waals surface area contributed by atoms with E-state index in [0.29, 0.717) is 36.1 Å². The van der Waals surface area contributed by atoms with Gasteiger partial charge in [-0.25, -0.2) is 13.2 Å². The zero-order chi connectivity index (χ0) is 25.7. The molecule has 36 heavy (non-hydrogen) atoms. The number of aliphatic carboxylic acids is 1. The molecule has 2 aromatic heterocycles. The molecular weight excluding hydrogens is 482 g/mol. The molecule has 3 aromatic rings. The Morgan fingerprint density at radius 3 is 2.89 bits per heavy atom. The first-order valence-electron chi connectivity index (χ1n) is 11.6. The molecule has 188 valence electrons. The fourth-order valence-corrected chi connectivity index (χ4v) is 6.00. The van der Waals surface area contributed by atoms with Crippen molar-refractivity contribution in [1.82, 2.24) is 19.2 Å². The monoisotopic (exact) mass is 509 g/mol. The lowest BCUT2D eigenvalue weighted by atomic mass is 9.96. The van der Waals surface area contributed by atoms with Gasteiger partial charge >= 0.3 is 5.97 Å². The van der Waals surface area contributed by atoms with Crippen LogP contribution in [0.25, 0.3) is 10.9 Å². The molecule has 1 aliphatic heterocycles. The van der Waals surface area contributed by atoms with E-state index in [1.54, 1.807) is 58.3 Å². The number of rotatable bonds is 9. The molecule has 3 heterocycles. The molecule has 0 bridgehead atoms. The van der Waals surface area contributed by atoms with E-state index in [9.17, 15) is 23.3 Å². The van der Waals surface area contributed by atoms with Crippen LogP contribution in [0.1, 0.15) is 25.0 Å². The highest BCUT2D eigenvalue weighted by atomic mass is 32.2. The zero-order valence-electron chi connectivity index (χ0n) is 19.5. The number of nitrogens with zero attached hydrogens (tertiary/aromatic N) is 3. The number of fused-ring (bicyclic) bond motifs is 1. The van der Waals surface area contributed by atoms with Crippen molar-refractivity contribution in [2.75, 3.05) is 13.1 Å². The Labute approximate surface area is 208 Å². The van der Waals surface area contributed by atoms with E-state index in [-0.39, 0.29) is 29.7 Å². The van der Waals surface area contributed by atoms with Crippen LogP contribution in [0.2, 0.25) is 0 Å². The second-order valence-electron chi connectivity index (χ2n) is 8.74. The van der Waals surface area contributed by atoms with Gasteiger partial charge < -0.3 is 19.6 Å². The number of carboxylic acid groups (broad SMARTS) is 1. The first-order valence-corrected chi connectivity index (χ1v) is 13.1. The molecule has 11 heteroatoms. The Hall–Kier alpha value is -3.88. The summed E-state index contributed by atoms with van der Waals surface area (Å²) in [5.41, 5.74) is 1.08. The molecule has 0 radical (unpaired) electrons. The average Bonchev–Trinajstić information content (AvgIpc) is 3.54. The molecule has 10 nitrogen and oxygen atoms in total. The summed E-state index contributed by atoms with van der Waals surface area (Å²) in [6.07, 6.45) is 7.57. The van der Waals surface area contributed by atoms with Gasteiger partial charge in [0.1, 0.15) is 17.8 Å². The molecule has 1 amide bonds. The van der Waals surface area contributed by atoms with Crippen molar-refractivity contribution in [3.63, 3.8) is 0 Å². The van der Waals surface area contributed by atoms with Gasteiger partial charge in [-0.1, -0.05) is 12.1 Å². The third-order valence-corrected chi connectivity index (χ3v) is 7.85. The lowest BCUT2D eigenvalue weighted by Gasteiger charge is -2.34. The molecule has 1 fully saturated rings. The second kappa shape index (κ2) is 10.8. The Balaban J connectivity index is 1.59. The summed E-state index contributed by atoms with van der Waals surface area (Å²) < 4.78 is 31.2. The number of carboxylic acids is 1. The van der Waals surface area contributed by atoms with Crippen LogP contribution in [-0.4, -0.2) is 59.0 Å². The van der Waals surface area contributed by atoms with Crippen molar-refractivity contribution in [1.29, 1.82) is 5.26 Å². The maximum absolute atomic E-state index is 13.6. The van der Waals surface area contributed by atoms with Gasteiger partial charge in [0, 0.05) is 49.0 Å². The molecule has 2 unspecified atom stereocenters. The number of aromatic amines is 1. The van der Waals surface area contributed by atoms with Crippen LogP contribution in [0, 0.1) is 17.2 Å². The molecule has 0 saturated carbocycles. The maximum atomic E-state index is 13.6. The topological polar surface area (TPSA) is 148 Å². The Kier molecular flexibility index (Phi) is 7.57. The molecule has 3 N–H and O–H groups in total. The van der Waals surface area contributed by atoms with Crippen molar-refractivity contribution in [2.24, 2.45) is 5.92 Å². The van der Waals surface area contributed by atoms with E-state index >= 15 is 0 Å². The highest BCUT2D eigenvalue weighted by Gasteiger charge is 2.32. The summed E-state index contributed by atoms with van der Waals surface area (Å²) >= 11 is 0. The average molecular weight is 510 g/mol. The standard InChI is InChI=1S/C25H27N5O5S/c26-16-19-5-3-13-29(19)15-11-22(25(33)30-14-2-4-18(17-30)8-9-24(31)32)28-36(34,35)23-7-1-6-21-20(23)10-12-27-21/h1,3,5-10,12-13,18,22,27-28H,2,4,11,14-15,17H2,(H,31,32)/b9-8+. The van der Waals surface area contributed by atoms with Gasteiger partial charge in [-0.15, -0.1) is 0 Å². The first-order chi connectivity index (χ1) is 17.3. The van der Waals surface area contributed by atoms with Gasteiger partial charge in [0.05, 0.1) is 4.90 Å². The predicted molar refractivity (Wildman–Crippen MR) is 132 cm³/mol. The van der Waals surface area contributed by atoms with E-state index in [2.05, 4.69) is 15.8 Å². The first kappa shape index (κ1) is 25.2. The van der Waals surface area contributed by atoms with Crippen molar-refractivity contribution < 1.29 is 23.1 Å². The molecule has 2 atom stereocenters. The number of H-pyrrole nitrogens is 1. The van der Waals surface area contributed by atoms with Crippen molar-refractivity contribution >= 4 is 32.8 Å². The lowest BCUT2D eigenvalue weighted by molar-refractivity contribution is -0.134. The zero-order valence-corrected chi connectivity index (χ0v) is 20.3. The summed E-state index contributed by atoms with van der Waals surface area (Å²) in [5.74, 6) is -1.55. The fraction of sp³-hybridized carbons (Fsp3) is 0.320. The smallest absolute Gasteiger partial charge is 0.327 e. The molecule has 1 aromatic carbocycles. The quantitative estimate of drug-likeness (QED) is 0.377. The highest BCUT2D eigenvalue weighted by molar-refractivity contribution is 7.89. The highest BCUT2D eigenvalue weighted by Crippen LogP contribution is 2.24. The summed E-state index contributed by atoms with van der Waals surface area (Å²) in [6, 6.07) is 10.9. The van der Waals surface area contributed by atoms with Gasteiger partial charge in [0.15, 0.2) is 0 Å². The SMILES string of the molecule is N#Cc1cccn1CCC(NS(=O)(=O)c1cccc2[nH]ccc12)C(=O)N1CCCC(/C=C/C(=O)O)C1. The Morgan fingerprint density at radius 2 is 2.11 bits per heavy atom. The number of nitrogens with one attached hydrogen (secondary N) is 2. The summed E-state index contributed by atoms with van der Waals surface area (Å²) in [7, 11) is -4.06. The minimum absolute atomic E-state index is 0.0682. The minimum Gasteiger partial charge on any atom is -0.478 e. The number of hydrogen-bond acceptors (Lipinski definition) is 5. The second-order valence-corrected chi connectivity index (χ2v) is 10.4. The number of amides is 1. The summed E-state index contributed by atoms with van der Waals surface area (Å²) in [6.45, 7) is 1.02. The third kappa shape index (κ3) is 5.67. The van der Waals surface area contributed by atoms with Gasteiger partial charge in [-0.05, 0) is 55.5 Å². The number of carbonyl (C=O) groups is 2.